The predicted octanol–water partition coefficient (Wildman–Crippen LogP) is 3.98. The van der Waals surface area contributed by atoms with Crippen LogP contribution in [0.4, 0.5) is 0 Å². The van der Waals surface area contributed by atoms with Crippen molar-refractivity contribution in [1.82, 2.24) is 0 Å². The number of rotatable bonds is 7. The van der Waals surface area contributed by atoms with Gasteiger partial charge in [-0.05, 0) is 55.7 Å². The van der Waals surface area contributed by atoms with Crippen LogP contribution in [0.15, 0.2) is 53.9 Å². The summed E-state index contributed by atoms with van der Waals surface area (Å²) < 4.78 is 34.8. The van der Waals surface area contributed by atoms with Crippen molar-refractivity contribution in [3.8, 4) is 5.75 Å². The van der Waals surface area contributed by atoms with Gasteiger partial charge in [-0.2, -0.15) is 8.42 Å². The van der Waals surface area contributed by atoms with Crippen molar-refractivity contribution in [2.75, 3.05) is 13.7 Å². The first-order chi connectivity index (χ1) is 11.3. The molecule has 0 amide bonds. The van der Waals surface area contributed by atoms with Gasteiger partial charge < -0.3 is 4.74 Å². The summed E-state index contributed by atoms with van der Waals surface area (Å²) in [4.78, 5) is 0.166. The van der Waals surface area contributed by atoms with Crippen LogP contribution in [0.3, 0.4) is 0 Å². The highest BCUT2D eigenvalue weighted by Crippen LogP contribution is 2.24. The van der Waals surface area contributed by atoms with E-state index >= 15 is 0 Å². The van der Waals surface area contributed by atoms with Gasteiger partial charge in [0, 0.05) is 0 Å². The Morgan fingerprint density at radius 2 is 1.79 bits per heavy atom. The smallest absolute Gasteiger partial charge is 0.296 e. The lowest BCUT2D eigenvalue weighted by atomic mass is 9.99. The Morgan fingerprint density at radius 1 is 1.12 bits per heavy atom. The third kappa shape index (κ3) is 4.46. The van der Waals surface area contributed by atoms with Gasteiger partial charge in [-0.3, -0.25) is 4.18 Å². The SMILES string of the molecule is C=C(C)c1ccc(OC)cc1CCOS(=O)(=O)c1ccc(C)cc1. The average Bonchev–Trinajstić information content (AvgIpc) is 2.54. The van der Waals surface area contributed by atoms with E-state index in [0.717, 1.165) is 28.0 Å². The van der Waals surface area contributed by atoms with Gasteiger partial charge >= 0.3 is 0 Å². The Morgan fingerprint density at radius 3 is 2.38 bits per heavy atom. The van der Waals surface area contributed by atoms with E-state index in [4.69, 9.17) is 8.92 Å². The minimum absolute atomic E-state index is 0.0592. The van der Waals surface area contributed by atoms with Gasteiger partial charge in [0.15, 0.2) is 0 Å². The largest absolute Gasteiger partial charge is 0.497 e. The van der Waals surface area contributed by atoms with Gasteiger partial charge in [0.1, 0.15) is 5.75 Å². The highest BCUT2D eigenvalue weighted by atomic mass is 32.2. The molecule has 0 aliphatic carbocycles. The second-order valence-electron chi connectivity index (χ2n) is 5.64. The van der Waals surface area contributed by atoms with E-state index in [1.165, 1.54) is 0 Å². The molecular weight excluding hydrogens is 324 g/mol. The molecule has 2 aromatic carbocycles. The molecule has 128 valence electrons. The maximum atomic E-state index is 12.2. The minimum atomic E-state index is -3.75. The Kier molecular flexibility index (Phi) is 5.80. The molecule has 0 saturated heterocycles. The molecule has 2 aromatic rings. The van der Waals surface area contributed by atoms with E-state index < -0.39 is 10.1 Å². The van der Waals surface area contributed by atoms with Crippen LogP contribution in [-0.4, -0.2) is 22.1 Å². The van der Waals surface area contributed by atoms with Crippen molar-refractivity contribution in [2.45, 2.75) is 25.2 Å². The first kappa shape index (κ1) is 18.2. The summed E-state index contributed by atoms with van der Waals surface area (Å²) in [6.45, 7) is 7.83. The van der Waals surface area contributed by atoms with E-state index in [1.807, 2.05) is 32.0 Å². The van der Waals surface area contributed by atoms with E-state index in [0.29, 0.717) is 6.42 Å². The van der Waals surface area contributed by atoms with Crippen molar-refractivity contribution in [3.63, 3.8) is 0 Å². The first-order valence-electron chi connectivity index (χ1n) is 7.62. The van der Waals surface area contributed by atoms with Crippen LogP contribution < -0.4 is 4.74 Å². The summed E-state index contributed by atoms with van der Waals surface area (Å²) in [6.07, 6.45) is 0.449. The lowest BCUT2D eigenvalue weighted by Gasteiger charge is -2.12. The predicted molar refractivity (Wildman–Crippen MR) is 95.7 cm³/mol. The number of methoxy groups -OCH3 is 1. The number of allylic oxidation sites excluding steroid dienone is 1. The molecule has 0 aliphatic rings. The van der Waals surface area contributed by atoms with Crippen LogP contribution in [0.2, 0.25) is 0 Å². The monoisotopic (exact) mass is 346 g/mol. The van der Waals surface area contributed by atoms with Gasteiger partial charge in [0.2, 0.25) is 0 Å². The topological polar surface area (TPSA) is 52.6 Å². The Hall–Kier alpha value is -2.11. The van der Waals surface area contributed by atoms with Gasteiger partial charge in [0.05, 0.1) is 18.6 Å². The average molecular weight is 346 g/mol. The molecule has 5 heteroatoms. The highest BCUT2D eigenvalue weighted by molar-refractivity contribution is 7.86. The maximum absolute atomic E-state index is 12.2. The van der Waals surface area contributed by atoms with Crippen LogP contribution in [0, 0.1) is 6.92 Å². The summed E-state index contributed by atoms with van der Waals surface area (Å²) in [5.74, 6) is 0.719. The second kappa shape index (κ2) is 7.64. The van der Waals surface area contributed by atoms with E-state index in [1.54, 1.807) is 31.4 Å². The minimum Gasteiger partial charge on any atom is -0.497 e. The van der Waals surface area contributed by atoms with Crippen molar-refractivity contribution in [3.05, 3.63) is 65.7 Å². The Balaban J connectivity index is 2.11. The van der Waals surface area contributed by atoms with Crippen molar-refractivity contribution < 1.29 is 17.3 Å². The lowest BCUT2D eigenvalue weighted by Crippen LogP contribution is -2.10. The molecule has 24 heavy (non-hydrogen) atoms. The molecule has 2 rings (SSSR count). The summed E-state index contributed by atoms with van der Waals surface area (Å²) in [6, 6.07) is 12.3. The van der Waals surface area contributed by atoms with Crippen molar-refractivity contribution in [1.29, 1.82) is 0 Å². The molecular formula is C19H22O4S. The van der Waals surface area contributed by atoms with E-state index in [9.17, 15) is 8.42 Å². The summed E-state index contributed by atoms with van der Waals surface area (Å²) in [5.41, 5.74) is 3.83. The third-order valence-corrected chi connectivity index (χ3v) is 5.02. The number of benzene rings is 2. The molecule has 0 aliphatic heterocycles. The summed E-state index contributed by atoms with van der Waals surface area (Å²) >= 11 is 0. The zero-order valence-electron chi connectivity index (χ0n) is 14.2. The van der Waals surface area contributed by atoms with Crippen LogP contribution in [-0.2, 0) is 20.7 Å². The zero-order valence-corrected chi connectivity index (χ0v) is 15.0. The van der Waals surface area contributed by atoms with Gasteiger partial charge in [0.25, 0.3) is 10.1 Å². The molecule has 0 aromatic heterocycles. The molecule has 0 spiro atoms. The van der Waals surface area contributed by atoms with Gasteiger partial charge in [-0.25, -0.2) is 0 Å². The fraction of sp³-hybridized carbons (Fsp3) is 0.263. The van der Waals surface area contributed by atoms with Crippen LogP contribution in [0.5, 0.6) is 5.75 Å². The summed E-state index contributed by atoms with van der Waals surface area (Å²) in [5, 5.41) is 0. The molecule has 0 N–H and O–H groups in total. The standard InChI is InChI=1S/C19H22O4S/c1-14(2)19-10-7-17(22-4)13-16(19)11-12-23-24(20,21)18-8-5-15(3)6-9-18/h5-10,13H,1,11-12H2,2-4H3. The second-order valence-corrected chi connectivity index (χ2v) is 7.26. The first-order valence-corrected chi connectivity index (χ1v) is 9.03. The molecule has 4 nitrogen and oxygen atoms in total. The Labute approximate surface area is 143 Å². The van der Waals surface area contributed by atoms with Crippen molar-refractivity contribution in [2.24, 2.45) is 0 Å². The van der Waals surface area contributed by atoms with E-state index in [-0.39, 0.29) is 11.5 Å². The zero-order chi connectivity index (χ0) is 17.7. The van der Waals surface area contributed by atoms with Gasteiger partial charge in [-0.1, -0.05) is 35.9 Å². The number of hydrogen-bond acceptors (Lipinski definition) is 4. The lowest BCUT2D eigenvalue weighted by molar-refractivity contribution is 0.321. The van der Waals surface area contributed by atoms with Gasteiger partial charge in [-0.15, -0.1) is 0 Å². The molecule has 0 heterocycles. The van der Waals surface area contributed by atoms with Crippen molar-refractivity contribution >= 4 is 15.7 Å². The van der Waals surface area contributed by atoms with Crippen LogP contribution >= 0.6 is 0 Å². The normalized spacial score (nSPS) is 11.3. The number of aryl methyl sites for hydroxylation is 1. The molecule has 0 atom stereocenters. The van der Waals surface area contributed by atoms with E-state index in [2.05, 4.69) is 6.58 Å². The molecule has 0 radical (unpaired) electrons. The summed E-state index contributed by atoms with van der Waals surface area (Å²) in [7, 11) is -2.15. The van der Waals surface area contributed by atoms with Crippen LogP contribution in [0.1, 0.15) is 23.6 Å². The van der Waals surface area contributed by atoms with Crippen LogP contribution in [0.25, 0.3) is 5.57 Å². The molecule has 0 unspecified atom stereocenters. The maximum Gasteiger partial charge on any atom is 0.296 e. The fourth-order valence-corrected chi connectivity index (χ4v) is 3.26. The highest BCUT2D eigenvalue weighted by Gasteiger charge is 2.15. The molecule has 0 saturated carbocycles. The molecule has 0 fully saturated rings. The quantitative estimate of drug-likeness (QED) is 0.712. The number of ether oxygens (including phenoxy) is 1. The third-order valence-electron chi connectivity index (χ3n) is 3.69. The fourth-order valence-electron chi connectivity index (χ4n) is 2.35. The Bertz CT molecular complexity index is 821. The molecule has 0 bridgehead atoms. The number of hydrogen-bond donors (Lipinski definition) is 0.